The van der Waals surface area contributed by atoms with Gasteiger partial charge in [0.25, 0.3) is 5.91 Å². The number of carbonyl (C=O) groups excluding carboxylic acids is 1. The quantitative estimate of drug-likeness (QED) is 0.336. The Morgan fingerprint density at radius 1 is 1.10 bits per heavy atom. The van der Waals surface area contributed by atoms with E-state index in [-0.39, 0.29) is 17.4 Å². The molecular weight excluding hydrogens is 386 g/mol. The van der Waals surface area contributed by atoms with E-state index in [1.54, 1.807) is 24.3 Å². The number of nitrogens with zero attached hydrogens (tertiary/aromatic N) is 4. The van der Waals surface area contributed by atoms with E-state index in [1.165, 1.54) is 11.8 Å². The summed E-state index contributed by atoms with van der Waals surface area (Å²) in [7, 11) is 0. The van der Waals surface area contributed by atoms with Crippen LogP contribution in [-0.4, -0.2) is 37.2 Å². The lowest BCUT2D eigenvalue weighted by atomic mass is 10.1. The molecule has 3 rings (SSSR count). The summed E-state index contributed by atoms with van der Waals surface area (Å²) in [5.74, 6) is 0.948. The Morgan fingerprint density at radius 2 is 1.83 bits per heavy atom. The van der Waals surface area contributed by atoms with Gasteiger partial charge in [-0.05, 0) is 43.2 Å². The van der Waals surface area contributed by atoms with E-state index >= 15 is 0 Å². The molecule has 3 aromatic rings. The predicted octanol–water partition coefficient (Wildman–Crippen LogP) is 3.69. The molecule has 0 saturated carbocycles. The van der Waals surface area contributed by atoms with E-state index in [0.29, 0.717) is 18.1 Å². The molecule has 0 radical (unpaired) electrons. The number of phenols is 1. The molecule has 1 amide bonds. The van der Waals surface area contributed by atoms with Crippen molar-refractivity contribution in [2.24, 2.45) is 5.10 Å². The molecule has 29 heavy (non-hydrogen) atoms. The maximum absolute atomic E-state index is 12.3. The number of aromatic nitrogens is 3. The summed E-state index contributed by atoms with van der Waals surface area (Å²) < 4.78 is 1.99. The van der Waals surface area contributed by atoms with Crippen LogP contribution in [0, 0.1) is 0 Å². The fourth-order valence-electron chi connectivity index (χ4n) is 2.78. The Hall–Kier alpha value is -3.13. The molecule has 0 bridgehead atoms. The fourth-order valence-corrected chi connectivity index (χ4v) is 3.57. The fraction of sp³-hybridized carbons (Fsp3) is 0.238. The highest BCUT2D eigenvalue weighted by molar-refractivity contribution is 7.99. The van der Waals surface area contributed by atoms with Gasteiger partial charge in [0.2, 0.25) is 0 Å². The molecule has 1 heterocycles. The summed E-state index contributed by atoms with van der Waals surface area (Å²) in [6.45, 7) is 4.69. The normalized spacial score (nSPS) is 11.4. The minimum Gasteiger partial charge on any atom is -0.508 e. The Balaban J connectivity index is 1.63. The second-order valence-electron chi connectivity index (χ2n) is 6.20. The van der Waals surface area contributed by atoms with Crippen LogP contribution in [0.15, 0.2) is 64.9 Å². The maximum atomic E-state index is 12.3. The molecule has 7 nitrogen and oxygen atoms in total. The first-order valence-corrected chi connectivity index (χ1v) is 10.4. The third-order valence-electron chi connectivity index (χ3n) is 4.25. The SMILES string of the molecule is CCC(=NNC(=O)CSc1nnc(-c2ccccc2)n1CC)c1ccc(O)cc1. The first-order chi connectivity index (χ1) is 14.1. The van der Waals surface area contributed by atoms with Crippen LogP contribution in [0.4, 0.5) is 0 Å². The highest BCUT2D eigenvalue weighted by Gasteiger charge is 2.14. The van der Waals surface area contributed by atoms with Crippen molar-refractivity contribution in [3.63, 3.8) is 0 Å². The minimum absolute atomic E-state index is 0.184. The number of amides is 1. The number of rotatable bonds is 8. The van der Waals surface area contributed by atoms with E-state index in [1.807, 2.05) is 48.7 Å². The third-order valence-corrected chi connectivity index (χ3v) is 5.22. The van der Waals surface area contributed by atoms with E-state index in [4.69, 9.17) is 0 Å². The van der Waals surface area contributed by atoms with Crippen LogP contribution in [0.5, 0.6) is 5.75 Å². The van der Waals surface area contributed by atoms with Gasteiger partial charge in [-0.15, -0.1) is 10.2 Å². The van der Waals surface area contributed by atoms with Crippen LogP contribution in [-0.2, 0) is 11.3 Å². The van der Waals surface area contributed by atoms with Gasteiger partial charge in [0.1, 0.15) is 5.75 Å². The smallest absolute Gasteiger partial charge is 0.250 e. The number of hydrogen-bond donors (Lipinski definition) is 2. The summed E-state index contributed by atoms with van der Waals surface area (Å²) in [6.07, 6.45) is 0.656. The van der Waals surface area contributed by atoms with Crippen LogP contribution >= 0.6 is 11.8 Å². The summed E-state index contributed by atoms with van der Waals surface area (Å²) in [5.41, 5.74) is 5.19. The van der Waals surface area contributed by atoms with E-state index in [9.17, 15) is 9.90 Å². The van der Waals surface area contributed by atoms with Crippen LogP contribution < -0.4 is 5.43 Å². The van der Waals surface area contributed by atoms with Gasteiger partial charge in [-0.1, -0.05) is 49.0 Å². The van der Waals surface area contributed by atoms with Crippen molar-refractivity contribution in [2.75, 3.05) is 5.75 Å². The standard InChI is InChI=1S/C21H23N5O2S/c1-3-18(15-10-12-17(27)13-11-15)22-23-19(28)14-29-21-25-24-20(26(21)4-2)16-8-6-5-7-9-16/h5-13,27H,3-4,14H2,1-2H3,(H,23,28). The minimum atomic E-state index is -0.216. The van der Waals surface area contributed by atoms with Crippen LogP contribution in [0.3, 0.4) is 0 Å². The molecule has 0 spiro atoms. The monoisotopic (exact) mass is 409 g/mol. The van der Waals surface area contributed by atoms with Crippen molar-refractivity contribution in [2.45, 2.75) is 32.0 Å². The average Bonchev–Trinajstić information content (AvgIpc) is 3.17. The van der Waals surface area contributed by atoms with Crippen LogP contribution in [0.1, 0.15) is 25.8 Å². The van der Waals surface area contributed by atoms with Gasteiger partial charge >= 0.3 is 0 Å². The van der Waals surface area contributed by atoms with Crippen molar-refractivity contribution < 1.29 is 9.90 Å². The Labute approximate surface area is 173 Å². The Bertz CT molecular complexity index is 984. The van der Waals surface area contributed by atoms with Gasteiger partial charge in [-0.25, -0.2) is 5.43 Å². The lowest BCUT2D eigenvalue weighted by Gasteiger charge is -2.07. The maximum Gasteiger partial charge on any atom is 0.250 e. The van der Waals surface area contributed by atoms with Gasteiger partial charge in [-0.3, -0.25) is 4.79 Å². The number of thioether (sulfide) groups is 1. The number of phenolic OH excluding ortho intramolecular Hbond substituents is 1. The zero-order chi connectivity index (χ0) is 20.6. The predicted molar refractivity (Wildman–Crippen MR) is 115 cm³/mol. The molecule has 0 atom stereocenters. The number of hydrogen-bond acceptors (Lipinski definition) is 6. The Kier molecular flexibility index (Phi) is 7.02. The molecule has 1 aromatic heterocycles. The first kappa shape index (κ1) is 20.6. The largest absolute Gasteiger partial charge is 0.508 e. The highest BCUT2D eigenvalue weighted by Crippen LogP contribution is 2.23. The van der Waals surface area contributed by atoms with Crippen molar-refractivity contribution in [1.82, 2.24) is 20.2 Å². The molecule has 2 N–H and O–H groups in total. The van der Waals surface area contributed by atoms with Crippen LogP contribution in [0.25, 0.3) is 11.4 Å². The summed E-state index contributed by atoms with van der Waals surface area (Å²) in [5, 5.41) is 22.8. The second kappa shape index (κ2) is 9.88. The van der Waals surface area contributed by atoms with E-state index in [2.05, 4.69) is 20.7 Å². The molecule has 2 aromatic carbocycles. The average molecular weight is 410 g/mol. The number of hydrazone groups is 1. The number of aromatic hydroxyl groups is 1. The lowest BCUT2D eigenvalue weighted by Crippen LogP contribution is -2.22. The zero-order valence-corrected chi connectivity index (χ0v) is 17.2. The Morgan fingerprint density at radius 3 is 2.48 bits per heavy atom. The third kappa shape index (κ3) is 5.23. The van der Waals surface area contributed by atoms with Gasteiger partial charge in [0, 0.05) is 12.1 Å². The zero-order valence-electron chi connectivity index (χ0n) is 16.4. The van der Waals surface area contributed by atoms with Gasteiger partial charge in [-0.2, -0.15) is 5.10 Å². The molecule has 0 unspecified atom stereocenters. The number of benzene rings is 2. The molecule has 0 aliphatic carbocycles. The topological polar surface area (TPSA) is 92.4 Å². The number of carbonyl (C=O) groups is 1. The molecule has 0 aliphatic rings. The van der Waals surface area contributed by atoms with Crippen molar-refractivity contribution in [3.8, 4) is 17.1 Å². The molecule has 0 saturated heterocycles. The van der Waals surface area contributed by atoms with E-state index in [0.717, 1.165) is 22.7 Å². The molecule has 0 aliphatic heterocycles. The molecule has 8 heteroatoms. The molecular formula is C21H23N5O2S. The van der Waals surface area contributed by atoms with Crippen molar-refractivity contribution in [3.05, 3.63) is 60.2 Å². The first-order valence-electron chi connectivity index (χ1n) is 9.38. The van der Waals surface area contributed by atoms with Crippen molar-refractivity contribution >= 4 is 23.4 Å². The van der Waals surface area contributed by atoms with Gasteiger partial charge < -0.3 is 9.67 Å². The van der Waals surface area contributed by atoms with Crippen molar-refractivity contribution in [1.29, 1.82) is 0 Å². The summed E-state index contributed by atoms with van der Waals surface area (Å²) >= 11 is 1.33. The summed E-state index contributed by atoms with van der Waals surface area (Å²) in [6, 6.07) is 16.6. The second-order valence-corrected chi connectivity index (χ2v) is 7.14. The molecule has 150 valence electrons. The van der Waals surface area contributed by atoms with Gasteiger partial charge in [0.15, 0.2) is 11.0 Å². The van der Waals surface area contributed by atoms with Gasteiger partial charge in [0.05, 0.1) is 11.5 Å². The summed E-state index contributed by atoms with van der Waals surface area (Å²) in [4.78, 5) is 12.3. The number of nitrogens with one attached hydrogen (secondary N) is 1. The lowest BCUT2D eigenvalue weighted by molar-refractivity contribution is -0.118. The molecule has 0 fully saturated rings. The van der Waals surface area contributed by atoms with Crippen LogP contribution in [0.2, 0.25) is 0 Å². The van der Waals surface area contributed by atoms with E-state index < -0.39 is 0 Å². The highest BCUT2D eigenvalue weighted by atomic mass is 32.2.